The topological polar surface area (TPSA) is 77.8 Å². The molecule has 0 atom stereocenters. The number of unbranched alkanes of at least 4 members (excludes halogenated alkanes) is 12. The Morgan fingerprint density at radius 3 is 1.46 bits per heavy atom. The molecule has 3 N–H and O–H groups in total. The van der Waals surface area contributed by atoms with Crippen LogP contribution in [0.3, 0.4) is 0 Å². The van der Waals surface area contributed by atoms with Gasteiger partial charge in [0.1, 0.15) is 0 Å². The summed E-state index contributed by atoms with van der Waals surface area (Å²) in [4.78, 5) is 10.4. The molecule has 0 aliphatic rings. The van der Waals surface area contributed by atoms with E-state index in [1.165, 1.54) is 32.1 Å². The first kappa shape index (κ1) is 23.4. The average molecular weight is 345 g/mol. The summed E-state index contributed by atoms with van der Waals surface area (Å²) in [6, 6.07) is 0. The Kier molecular flexibility index (Phi) is 15.5. The highest BCUT2D eigenvalue weighted by Gasteiger charge is 2.21. The highest BCUT2D eigenvalue weighted by molar-refractivity contribution is 5.66. The summed E-state index contributed by atoms with van der Waals surface area (Å²) in [6.45, 7) is 2.21. The monoisotopic (exact) mass is 344 g/mol. The van der Waals surface area contributed by atoms with Gasteiger partial charge < -0.3 is 15.3 Å². The van der Waals surface area contributed by atoms with Crippen LogP contribution in [0.1, 0.15) is 116 Å². The van der Waals surface area contributed by atoms with Crippen LogP contribution in [0, 0.1) is 0 Å². The number of carbonyl (C=O) groups is 1. The van der Waals surface area contributed by atoms with E-state index in [2.05, 4.69) is 6.92 Å². The molecule has 0 spiro atoms. The summed E-state index contributed by atoms with van der Waals surface area (Å²) >= 11 is 0. The van der Waals surface area contributed by atoms with Crippen molar-refractivity contribution in [3.05, 3.63) is 0 Å². The number of hydrogen-bond acceptors (Lipinski definition) is 3. The fourth-order valence-corrected chi connectivity index (χ4v) is 3.06. The van der Waals surface area contributed by atoms with Gasteiger partial charge in [-0.1, -0.05) is 77.6 Å². The van der Waals surface area contributed by atoms with Crippen LogP contribution in [0.2, 0.25) is 0 Å². The van der Waals surface area contributed by atoms with E-state index in [1.807, 2.05) is 0 Å². The minimum atomic E-state index is -1.48. The van der Waals surface area contributed by atoms with Crippen LogP contribution in [0.25, 0.3) is 0 Å². The van der Waals surface area contributed by atoms with Crippen molar-refractivity contribution in [1.82, 2.24) is 0 Å². The van der Waals surface area contributed by atoms with Crippen LogP contribution < -0.4 is 0 Å². The van der Waals surface area contributed by atoms with Crippen molar-refractivity contribution in [3.8, 4) is 0 Å². The Morgan fingerprint density at radius 1 is 0.667 bits per heavy atom. The summed E-state index contributed by atoms with van der Waals surface area (Å²) in [5.74, 6) is -2.19. The van der Waals surface area contributed by atoms with Crippen molar-refractivity contribution in [2.75, 3.05) is 0 Å². The van der Waals surface area contributed by atoms with Gasteiger partial charge in [-0.05, 0) is 19.3 Å². The Balaban J connectivity index is 3.36. The minimum Gasteiger partial charge on any atom is -0.481 e. The third-order valence-corrected chi connectivity index (χ3v) is 4.65. The van der Waals surface area contributed by atoms with Crippen molar-refractivity contribution in [1.29, 1.82) is 0 Å². The van der Waals surface area contributed by atoms with Gasteiger partial charge in [-0.15, -0.1) is 0 Å². The molecule has 0 radical (unpaired) electrons. The SMILES string of the molecule is CCCCCCCCCC(O)(O)CCCCCCCCCC(=O)O. The molecule has 24 heavy (non-hydrogen) atoms. The number of aliphatic carboxylic acids is 1. The lowest BCUT2D eigenvalue weighted by molar-refractivity contribution is -0.172. The second-order valence-electron chi connectivity index (χ2n) is 7.22. The summed E-state index contributed by atoms with van der Waals surface area (Å²) in [5.41, 5.74) is 0. The molecule has 0 saturated heterocycles. The lowest BCUT2D eigenvalue weighted by Gasteiger charge is -2.21. The van der Waals surface area contributed by atoms with Crippen LogP contribution in [0.15, 0.2) is 0 Å². The quantitative estimate of drug-likeness (QED) is 0.230. The fraction of sp³-hybridized carbons (Fsp3) is 0.950. The van der Waals surface area contributed by atoms with Crippen molar-refractivity contribution < 1.29 is 20.1 Å². The summed E-state index contributed by atoms with van der Waals surface area (Å²) in [6.07, 6.45) is 16.5. The molecule has 0 fully saturated rings. The zero-order valence-electron chi connectivity index (χ0n) is 15.8. The molecule has 4 heteroatoms. The summed E-state index contributed by atoms with van der Waals surface area (Å²) in [7, 11) is 0. The fourth-order valence-electron chi connectivity index (χ4n) is 3.06. The minimum absolute atomic E-state index is 0.274. The van der Waals surface area contributed by atoms with Gasteiger partial charge in [0.2, 0.25) is 0 Å². The van der Waals surface area contributed by atoms with Crippen LogP contribution in [0.5, 0.6) is 0 Å². The van der Waals surface area contributed by atoms with Crippen molar-refractivity contribution in [2.45, 2.75) is 122 Å². The Hall–Kier alpha value is -0.610. The van der Waals surface area contributed by atoms with Crippen molar-refractivity contribution in [2.24, 2.45) is 0 Å². The molecule has 144 valence electrons. The largest absolute Gasteiger partial charge is 0.481 e. The first-order valence-corrected chi connectivity index (χ1v) is 10.1. The molecule has 0 unspecified atom stereocenters. The van der Waals surface area contributed by atoms with Gasteiger partial charge in [0, 0.05) is 19.3 Å². The molecule has 0 rings (SSSR count). The molecular weight excluding hydrogens is 304 g/mol. The van der Waals surface area contributed by atoms with E-state index in [0.29, 0.717) is 12.8 Å². The first-order chi connectivity index (χ1) is 11.5. The van der Waals surface area contributed by atoms with Gasteiger partial charge >= 0.3 is 5.97 Å². The third-order valence-electron chi connectivity index (χ3n) is 4.65. The highest BCUT2D eigenvalue weighted by Crippen LogP contribution is 2.21. The molecule has 0 aromatic heterocycles. The van der Waals surface area contributed by atoms with Crippen LogP contribution in [0.4, 0.5) is 0 Å². The summed E-state index contributed by atoms with van der Waals surface area (Å²) < 4.78 is 0. The molecular formula is C20H40O4. The van der Waals surface area contributed by atoms with Crippen LogP contribution in [-0.2, 0) is 4.79 Å². The van der Waals surface area contributed by atoms with Gasteiger partial charge in [0.15, 0.2) is 5.79 Å². The third kappa shape index (κ3) is 17.7. The second-order valence-corrected chi connectivity index (χ2v) is 7.22. The van der Waals surface area contributed by atoms with E-state index in [4.69, 9.17) is 5.11 Å². The van der Waals surface area contributed by atoms with Gasteiger partial charge in [-0.2, -0.15) is 0 Å². The van der Waals surface area contributed by atoms with E-state index < -0.39 is 11.8 Å². The smallest absolute Gasteiger partial charge is 0.303 e. The van der Waals surface area contributed by atoms with E-state index >= 15 is 0 Å². The average Bonchev–Trinajstić information content (AvgIpc) is 2.52. The highest BCUT2D eigenvalue weighted by atomic mass is 16.5. The Morgan fingerprint density at radius 2 is 1.04 bits per heavy atom. The Labute approximate surface area is 148 Å². The molecule has 0 bridgehead atoms. The normalized spacial score (nSPS) is 11.8. The van der Waals surface area contributed by atoms with E-state index in [9.17, 15) is 15.0 Å². The standard InChI is InChI=1S/C20H40O4/c1-2-3-4-5-8-11-14-17-20(23,24)18-15-12-9-6-7-10-13-16-19(21)22/h23-24H,2-18H2,1H3,(H,21,22). The van der Waals surface area contributed by atoms with Gasteiger partial charge in [-0.3, -0.25) is 4.79 Å². The zero-order valence-corrected chi connectivity index (χ0v) is 15.8. The molecule has 0 aromatic rings. The van der Waals surface area contributed by atoms with Gasteiger partial charge in [0.05, 0.1) is 0 Å². The molecule has 0 amide bonds. The predicted octanol–water partition coefficient (Wildman–Crippen LogP) is 5.40. The molecule has 0 aliphatic heterocycles. The van der Waals surface area contributed by atoms with E-state index in [-0.39, 0.29) is 6.42 Å². The summed E-state index contributed by atoms with van der Waals surface area (Å²) in [5, 5.41) is 28.5. The lowest BCUT2D eigenvalue weighted by atomic mass is 9.99. The molecule has 0 heterocycles. The van der Waals surface area contributed by atoms with Crippen LogP contribution >= 0.6 is 0 Å². The molecule has 4 nitrogen and oxygen atoms in total. The van der Waals surface area contributed by atoms with Crippen LogP contribution in [-0.4, -0.2) is 27.1 Å². The van der Waals surface area contributed by atoms with Gasteiger partial charge in [0.25, 0.3) is 0 Å². The zero-order chi connectivity index (χ0) is 18.1. The number of aliphatic hydroxyl groups is 2. The lowest BCUT2D eigenvalue weighted by Crippen LogP contribution is -2.27. The first-order valence-electron chi connectivity index (χ1n) is 10.1. The maximum atomic E-state index is 10.4. The second kappa shape index (κ2) is 15.9. The number of hydrogen-bond donors (Lipinski definition) is 3. The maximum absolute atomic E-state index is 10.4. The number of carboxylic acids is 1. The van der Waals surface area contributed by atoms with Crippen molar-refractivity contribution >= 4 is 5.97 Å². The van der Waals surface area contributed by atoms with E-state index in [0.717, 1.165) is 57.8 Å². The number of rotatable bonds is 18. The van der Waals surface area contributed by atoms with E-state index in [1.54, 1.807) is 0 Å². The van der Waals surface area contributed by atoms with Gasteiger partial charge in [-0.25, -0.2) is 0 Å². The molecule has 0 aromatic carbocycles. The molecule has 0 saturated carbocycles. The maximum Gasteiger partial charge on any atom is 0.303 e. The predicted molar refractivity (Wildman–Crippen MR) is 99.0 cm³/mol. The van der Waals surface area contributed by atoms with Crippen molar-refractivity contribution in [3.63, 3.8) is 0 Å². The Bertz CT molecular complexity index is 289. The molecule has 0 aliphatic carbocycles. The number of carboxylic acid groups (broad SMARTS) is 1.